The molecule has 0 spiro atoms. The summed E-state index contributed by atoms with van der Waals surface area (Å²) in [6.07, 6.45) is 5.86. The van der Waals surface area contributed by atoms with Gasteiger partial charge in [0, 0.05) is 16.6 Å². The molecule has 1 aliphatic heterocycles. The van der Waals surface area contributed by atoms with Gasteiger partial charge in [0.25, 0.3) is 0 Å². The van der Waals surface area contributed by atoms with Gasteiger partial charge in [0.05, 0.1) is 6.04 Å². The molecule has 0 aromatic heterocycles. The van der Waals surface area contributed by atoms with E-state index in [2.05, 4.69) is 61.6 Å². The predicted molar refractivity (Wildman–Crippen MR) is 93.7 cm³/mol. The summed E-state index contributed by atoms with van der Waals surface area (Å²) in [6, 6.07) is 13.1. The normalized spacial score (nSPS) is 25.5. The Morgan fingerprint density at radius 3 is 2.73 bits per heavy atom. The molecule has 2 aliphatic rings. The first kappa shape index (κ1) is 13.9. The summed E-state index contributed by atoms with van der Waals surface area (Å²) in [5, 5.41) is 4.64. The number of hydrogen-bond donors (Lipinski definition) is 1. The summed E-state index contributed by atoms with van der Waals surface area (Å²) in [5.41, 5.74) is 6.80. The Kier molecular flexibility index (Phi) is 3.27. The van der Waals surface area contributed by atoms with Crippen LogP contribution < -0.4 is 5.32 Å². The van der Waals surface area contributed by atoms with Crippen LogP contribution in [0.5, 0.6) is 0 Å². The lowest BCUT2D eigenvalue weighted by Gasteiger charge is -2.39. The molecular formula is C20H20ClN. The van der Waals surface area contributed by atoms with Crippen molar-refractivity contribution in [2.45, 2.75) is 32.2 Å². The predicted octanol–water partition coefficient (Wildman–Crippen LogP) is 5.78. The fourth-order valence-corrected chi connectivity index (χ4v) is 4.27. The van der Waals surface area contributed by atoms with Crippen LogP contribution in [0.1, 0.15) is 40.6 Å². The molecule has 2 aromatic carbocycles. The standard InChI is InChI=1S/C20H20ClN/c1-12-9-10-13(2)19-18(12)16-7-4-8-17(16)20(22-19)14-5-3-6-15(21)11-14/h3-7,9-11,16-17,20,22H,8H2,1-2H3/t16-,17+,20-/m1/s1. The third-order valence-corrected chi connectivity index (χ3v) is 5.39. The molecule has 2 heteroatoms. The first-order chi connectivity index (χ1) is 10.6. The minimum Gasteiger partial charge on any atom is -0.377 e. The number of anilines is 1. The number of hydrogen-bond acceptors (Lipinski definition) is 1. The van der Waals surface area contributed by atoms with Gasteiger partial charge < -0.3 is 5.32 Å². The Labute approximate surface area is 137 Å². The van der Waals surface area contributed by atoms with E-state index in [1.807, 2.05) is 6.07 Å². The lowest BCUT2D eigenvalue weighted by molar-refractivity contribution is 0.424. The first-order valence-electron chi connectivity index (χ1n) is 7.94. The topological polar surface area (TPSA) is 12.0 Å². The van der Waals surface area contributed by atoms with E-state index in [9.17, 15) is 0 Å². The fourth-order valence-electron chi connectivity index (χ4n) is 4.07. The van der Waals surface area contributed by atoms with Crippen molar-refractivity contribution < 1.29 is 0 Å². The molecule has 1 aliphatic carbocycles. The highest BCUT2D eigenvalue weighted by atomic mass is 35.5. The summed E-state index contributed by atoms with van der Waals surface area (Å²) >= 11 is 6.22. The molecule has 3 atom stereocenters. The van der Waals surface area contributed by atoms with Crippen LogP contribution in [0.3, 0.4) is 0 Å². The molecule has 2 aromatic rings. The Hall–Kier alpha value is -1.73. The van der Waals surface area contributed by atoms with Gasteiger partial charge in [-0.1, -0.05) is 48.0 Å². The van der Waals surface area contributed by atoms with E-state index in [0.29, 0.717) is 17.9 Å². The smallest absolute Gasteiger partial charge is 0.0554 e. The van der Waals surface area contributed by atoms with Gasteiger partial charge in [-0.05, 0) is 60.6 Å². The molecule has 22 heavy (non-hydrogen) atoms. The number of aryl methyl sites for hydroxylation is 2. The maximum Gasteiger partial charge on any atom is 0.0554 e. The maximum absolute atomic E-state index is 6.22. The quantitative estimate of drug-likeness (QED) is 0.658. The fraction of sp³-hybridized carbons (Fsp3) is 0.300. The molecular weight excluding hydrogens is 290 g/mol. The third-order valence-electron chi connectivity index (χ3n) is 5.15. The molecule has 1 heterocycles. The summed E-state index contributed by atoms with van der Waals surface area (Å²) in [4.78, 5) is 0. The SMILES string of the molecule is Cc1ccc(C)c2c1N[C@H](c1cccc(Cl)c1)[C@H]1CC=C[C@@H]21. The third kappa shape index (κ3) is 2.07. The van der Waals surface area contributed by atoms with E-state index in [4.69, 9.17) is 11.6 Å². The van der Waals surface area contributed by atoms with Crippen LogP contribution in [-0.2, 0) is 0 Å². The van der Waals surface area contributed by atoms with Gasteiger partial charge >= 0.3 is 0 Å². The van der Waals surface area contributed by atoms with E-state index in [1.54, 1.807) is 0 Å². The first-order valence-corrected chi connectivity index (χ1v) is 8.31. The Morgan fingerprint density at radius 1 is 1.09 bits per heavy atom. The molecule has 0 amide bonds. The molecule has 4 rings (SSSR count). The van der Waals surface area contributed by atoms with Crippen molar-refractivity contribution in [3.05, 3.63) is 75.8 Å². The Bertz CT molecular complexity index is 762. The van der Waals surface area contributed by atoms with Crippen LogP contribution in [0, 0.1) is 19.8 Å². The van der Waals surface area contributed by atoms with Crippen molar-refractivity contribution in [2.75, 3.05) is 5.32 Å². The second kappa shape index (κ2) is 5.17. The lowest BCUT2D eigenvalue weighted by Crippen LogP contribution is -2.30. The summed E-state index contributed by atoms with van der Waals surface area (Å²) in [7, 11) is 0. The number of benzene rings is 2. The number of nitrogens with one attached hydrogen (secondary N) is 1. The zero-order chi connectivity index (χ0) is 15.3. The zero-order valence-electron chi connectivity index (χ0n) is 12.9. The van der Waals surface area contributed by atoms with Crippen molar-refractivity contribution >= 4 is 17.3 Å². The number of halogens is 1. The van der Waals surface area contributed by atoms with Crippen LogP contribution in [0.2, 0.25) is 5.02 Å². The molecule has 0 radical (unpaired) electrons. The van der Waals surface area contributed by atoms with Crippen molar-refractivity contribution in [3.63, 3.8) is 0 Å². The largest absolute Gasteiger partial charge is 0.377 e. The van der Waals surface area contributed by atoms with Crippen molar-refractivity contribution in [1.29, 1.82) is 0 Å². The minimum atomic E-state index is 0.326. The van der Waals surface area contributed by atoms with E-state index in [1.165, 1.54) is 27.9 Å². The van der Waals surface area contributed by atoms with Crippen molar-refractivity contribution in [3.8, 4) is 0 Å². The molecule has 0 unspecified atom stereocenters. The molecule has 112 valence electrons. The minimum absolute atomic E-state index is 0.326. The van der Waals surface area contributed by atoms with Crippen LogP contribution in [0.25, 0.3) is 0 Å². The van der Waals surface area contributed by atoms with Crippen LogP contribution in [-0.4, -0.2) is 0 Å². The molecule has 0 fully saturated rings. The van der Waals surface area contributed by atoms with Crippen molar-refractivity contribution in [2.24, 2.45) is 5.92 Å². The molecule has 1 N–H and O–H groups in total. The number of rotatable bonds is 1. The van der Waals surface area contributed by atoms with Crippen LogP contribution in [0.4, 0.5) is 5.69 Å². The highest BCUT2D eigenvalue weighted by molar-refractivity contribution is 6.30. The monoisotopic (exact) mass is 309 g/mol. The van der Waals surface area contributed by atoms with Gasteiger partial charge in [0.1, 0.15) is 0 Å². The highest BCUT2D eigenvalue weighted by Gasteiger charge is 2.39. The van der Waals surface area contributed by atoms with E-state index >= 15 is 0 Å². The van der Waals surface area contributed by atoms with Crippen LogP contribution in [0.15, 0.2) is 48.6 Å². The van der Waals surface area contributed by atoms with E-state index < -0.39 is 0 Å². The molecule has 0 bridgehead atoms. The number of fused-ring (bicyclic) bond motifs is 3. The van der Waals surface area contributed by atoms with Crippen molar-refractivity contribution in [1.82, 2.24) is 0 Å². The lowest BCUT2D eigenvalue weighted by atomic mass is 9.75. The Morgan fingerprint density at radius 2 is 1.91 bits per heavy atom. The Balaban J connectivity index is 1.86. The second-order valence-corrected chi connectivity index (χ2v) is 6.95. The summed E-state index contributed by atoms with van der Waals surface area (Å²) in [5.74, 6) is 1.09. The van der Waals surface area contributed by atoms with Crippen LogP contribution >= 0.6 is 11.6 Å². The second-order valence-electron chi connectivity index (χ2n) is 6.52. The average molecular weight is 310 g/mol. The zero-order valence-corrected chi connectivity index (χ0v) is 13.7. The molecule has 0 saturated heterocycles. The number of allylic oxidation sites excluding steroid dienone is 2. The van der Waals surface area contributed by atoms with Gasteiger partial charge in [-0.15, -0.1) is 0 Å². The summed E-state index contributed by atoms with van der Waals surface area (Å²) in [6.45, 7) is 4.42. The highest BCUT2D eigenvalue weighted by Crippen LogP contribution is 2.51. The van der Waals surface area contributed by atoms with Gasteiger partial charge in [-0.3, -0.25) is 0 Å². The van der Waals surface area contributed by atoms with Gasteiger partial charge in [0.15, 0.2) is 0 Å². The molecule has 0 saturated carbocycles. The van der Waals surface area contributed by atoms with Gasteiger partial charge in [-0.25, -0.2) is 0 Å². The van der Waals surface area contributed by atoms with Gasteiger partial charge in [-0.2, -0.15) is 0 Å². The van der Waals surface area contributed by atoms with Gasteiger partial charge in [0.2, 0.25) is 0 Å². The van der Waals surface area contributed by atoms with E-state index in [0.717, 1.165) is 11.4 Å². The average Bonchev–Trinajstić information content (AvgIpc) is 2.99. The van der Waals surface area contributed by atoms with E-state index in [-0.39, 0.29) is 0 Å². The molecule has 1 nitrogen and oxygen atoms in total. The summed E-state index contributed by atoms with van der Waals surface area (Å²) < 4.78 is 0. The maximum atomic E-state index is 6.22.